The number of aliphatic hydroxyl groups excluding tert-OH is 4. The summed E-state index contributed by atoms with van der Waals surface area (Å²) >= 11 is 0. The highest BCUT2D eigenvalue weighted by Gasteiger charge is 2.55. The largest absolute Gasteiger partial charge is 0.492 e. The van der Waals surface area contributed by atoms with Crippen molar-refractivity contribution in [3.63, 3.8) is 0 Å². The molecule has 1 aliphatic carbocycles. The van der Waals surface area contributed by atoms with Gasteiger partial charge in [-0.05, 0) is 88.2 Å². The number of hydrogen-bond acceptors (Lipinski definition) is 18. The quantitative estimate of drug-likeness (QED) is 0.0896. The Balaban J connectivity index is 1.83. The highest BCUT2D eigenvalue weighted by atomic mass is 16.7. The van der Waals surface area contributed by atoms with Crippen LogP contribution in [0.15, 0.2) is 11.8 Å². The van der Waals surface area contributed by atoms with E-state index in [9.17, 15) is 44.7 Å². The molecule has 62 heavy (non-hydrogen) atoms. The molecule has 2 fully saturated rings. The topological polar surface area (TPSA) is 328 Å². The van der Waals surface area contributed by atoms with Gasteiger partial charge in [0, 0.05) is 38.1 Å². The minimum Gasteiger partial charge on any atom is -0.492 e. The first kappa shape index (κ1) is 52.8. The van der Waals surface area contributed by atoms with Crippen LogP contribution >= 0.6 is 0 Å². The summed E-state index contributed by atoms with van der Waals surface area (Å²) < 4.78 is 34.3. The van der Waals surface area contributed by atoms with Crippen molar-refractivity contribution < 1.29 is 73.1 Å². The number of nitrogens with two attached hydrogens (primary N) is 2. The number of aliphatic hydroxyl groups is 5. The standard InChI is InChI=1S/C40H73N7O15/c1-37(2,3)60-34(53)44-16-20(48)15-43-17-21-12-13-22(41)29(58-21)26-23(42)14-24(46-32(52)25(49)18-45-35(54)61-38(4,5)6)30(27(26)50)59-33-28(51)31(40(10,56)19-57-33)47(11)36(55)62-39(7,8)9/h12,20,22-31,33,43,48-51,56H,13-19,41-42H2,1-11H3,(H,44,53)(H,45,54)(H,46,52)/t20?,22-,23+,24-,25+,26?,27+,28-,29+,30+,31-,33-,40+/m1/s1. The summed E-state index contributed by atoms with van der Waals surface area (Å²) in [5, 5.41) is 66.9. The third-order valence-corrected chi connectivity index (χ3v) is 10.1. The van der Waals surface area contributed by atoms with Crippen LogP contribution in [0.2, 0.25) is 0 Å². The van der Waals surface area contributed by atoms with Crippen LogP contribution < -0.4 is 32.7 Å². The number of likely N-dealkylation sites (N-methyl/N-ethyl adjacent to an activating group) is 1. The van der Waals surface area contributed by atoms with Gasteiger partial charge in [-0.15, -0.1) is 0 Å². The highest BCUT2D eigenvalue weighted by Crippen LogP contribution is 2.37. The zero-order chi connectivity index (χ0) is 47.1. The number of carbonyl (C=O) groups excluding carboxylic acids is 4. The van der Waals surface area contributed by atoms with Gasteiger partial charge >= 0.3 is 18.3 Å². The van der Waals surface area contributed by atoms with E-state index in [-0.39, 0.29) is 26.1 Å². The zero-order valence-electron chi connectivity index (χ0n) is 37.9. The summed E-state index contributed by atoms with van der Waals surface area (Å²) in [7, 11) is 1.34. The molecule has 4 amide bonds. The van der Waals surface area contributed by atoms with Gasteiger partial charge in [0.1, 0.15) is 52.6 Å². The van der Waals surface area contributed by atoms with E-state index in [0.29, 0.717) is 12.2 Å². The maximum Gasteiger partial charge on any atom is 0.410 e. The number of carbonyl (C=O) groups is 4. The van der Waals surface area contributed by atoms with Gasteiger partial charge in [-0.25, -0.2) is 14.4 Å². The van der Waals surface area contributed by atoms with E-state index in [1.807, 2.05) is 0 Å². The molecule has 0 aromatic rings. The van der Waals surface area contributed by atoms with E-state index in [1.54, 1.807) is 68.4 Å². The molecule has 0 aromatic heterocycles. The fourth-order valence-electron chi connectivity index (χ4n) is 7.37. The van der Waals surface area contributed by atoms with Gasteiger partial charge in [0.15, 0.2) is 6.29 Å². The number of amides is 4. The van der Waals surface area contributed by atoms with Crippen LogP contribution in [0.5, 0.6) is 0 Å². The lowest BCUT2D eigenvalue weighted by molar-refractivity contribution is -0.305. The van der Waals surface area contributed by atoms with E-state index in [0.717, 1.165) is 4.90 Å². The molecule has 13 atom stereocenters. The van der Waals surface area contributed by atoms with E-state index in [1.165, 1.54) is 14.0 Å². The molecule has 358 valence electrons. The van der Waals surface area contributed by atoms with Gasteiger partial charge in [-0.1, -0.05) is 0 Å². The minimum atomic E-state index is -1.80. The molecular formula is C40H73N7O15. The summed E-state index contributed by atoms with van der Waals surface area (Å²) in [6.45, 7) is 15.6. The number of rotatable bonds is 14. The first-order chi connectivity index (χ1) is 28.4. The summed E-state index contributed by atoms with van der Waals surface area (Å²) in [6, 6.07) is -4.07. The number of hydrogen-bond donors (Lipinski definition) is 11. The molecule has 22 nitrogen and oxygen atoms in total. The van der Waals surface area contributed by atoms with Gasteiger partial charge in [0.25, 0.3) is 5.91 Å². The van der Waals surface area contributed by atoms with Crippen molar-refractivity contribution in [2.24, 2.45) is 17.4 Å². The smallest absolute Gasteiger partial charge is 0.410 e. The normalized spacial score (nSPS) is 31.6. The Morgan fingerprint density at radius 2 is 1.45 bits per heavy atom. The average Bonchev–Trinajstić information content (AvgIpc) is 3.11. The molecule has 1 saturated carbocycles. The zero-order valence-corrected chi connectivity index (χ0v) is 37.9. The number of nitrogens with one attached hydrogen (secondary N) is 4. The molecule has 13 N–H and O–H groups in total. The highest BCUT2D eigenvalue weighted by molar-refractivity contribution is 5.82. The molecule has 0 radical (unpaired) electrons. The Hall–Kier alpha value is -3.58. The van der Waals surface area contributed by atoms with Crippen molar-refractivity contribution in [1.82, 2.24) is 26.2 Å². The monoisotopic (exact) mass is 892 g/mol. The number of ether oxygens (including phenoxy) is 6. The Labute approximate surface area is 363 Å². The molecule has 2 heterocycles. The molecule has 3 rings (SSSR count). The van der Waals surface area contributed by atoms with E-state index < -0.39 is 133 Å². The minimum absolute atomic E-state index is 0.0654. The van der Waals surface area contributed by atoms with Crippen molar-refractivity contribution in [3.05, 3.63) is 11.8 Å². The second kappa shape index (κ2) is 21.4. The number of alkyl carbamates (subject to hydrolysis) is 2. The molecule has 1 saturated heterocycles. The Morgan fingerprint density at radius 1 is 0.887 bits per heavy atom. The van der Waals surface area contributed by atoms with Crippen LogP contribution in [0.1, 0.15) is 82.1 Å². The Kier molecular flexibility index (Phi) is 18.2. The van der Waals surface area contributed by atoms with Crippen LogP contribution in [0, 0.1) is 5.92 Å². The van der Waals surface area contributed by atoms with Crippen LogP contribution in [-0.2, 0) is 33.2 Å². The fraction of sp³-hybridized carbons (Fsp3) is 0.850. The first-order valence-corrected chi connectivity index (χ1v) is 20.9. The first-order valence-electron chi connectivity index (χ1n) is 20.9. The maximum absolute atomic E-state index is 13.4. The lowest BCUT2D eigenvalue weighted by atomic mass is 9.72. The summed E-state index contributed by atoms with van der Waals surface area (Å²) in [5.41, 5.74) is 9.04. The fourth-order valence-corrected chi connectivity index (χ4v) is 7.37. The van der Waals surface area contributed by atoms with Gasteiger partial charge in [0.2, 0.25) is 0 Å². The Morgan fingerprint density at radius 3 is 2.02 bits per heavy atom. The molecule has 2 unspecified atom stereocenters. The van der Waals surface area contributed by atoms with E-state index in [2.05, 4.69) is 21.3 Å². The van der Waals surface area contributed by atoms with Crippen molar-refractivity contribution >= 4 is 24.2 Å². The van der Waals surface area contributed by atoms with Crippen molar-refractivity contribution in [1.29, 1.82) is 0 Å². The van der Waals surface area contributed by atoms with Crippen molar-refractivity contribution in [3.8, 4) is 0 Å². The van der Waals surface area contributed by atoms with Crippen molar-refractivity contribution in [2.75, 3.05) is 39.8 Å². The lowest BCUT2D eigenvalue weighted by Crippen LogP contribution is -2.70. The third-order valence-electron chi connectivity index (χ3n) is 10.1. The predicted molar refractivity (Wildman–Crippen MR) is 222 cm³/mol. The molecule has 0 bridgehead atoms. The van der Waals surface area contributed by atoms with Crippen molar-refractivity contribution in [2.45, 2.75) is 172 Å². The second-order valence-corrected chi connectivity index (χ2v) is 19.5. The van der Waals surface area contributed by atoms with Gasteiger partial charge in [-0.2, -0.15) is 0 Å². The van der Waals surface area contributed by atoms with Crippen LogP contribution in [0.3, 0.4) is 0 Å². The maximum atomic E-state index is 13.4. The van der Waals surface area contributed by atoms with Gasteiger partial charge < -0.3 is 91.6 Å². The second-order valence-electron chi connectivity index (χ2n) is 19.5. The average molecular weight is 892 g/mol. The molecule has 2 aliphatic heterocycles. The summed E-state index contributed by atoms with van der Waals surface area (Å²) in [6.07, 6.45) is -10.4. The third kappa shape index (κ3) is 15.9. The summed E-state index contributed by atoms with van der Waals surface area (Å²) in [4.78, 5) is 51.7. The Bertz CT molecular complexity index is 1550. The molecular weight excluding hydrogens is 818 g/mol. The molecule has 0 aromatic carbocycles. The van der Waals surface area contributed by atoms with E-state index in [4.69, 9.17) is 39.9 Å². The van der Waals surface area contributed by atoms with Crippen LogP contribution in [-0.4, -0.2) is 184 Å². The van der Waals surface area contributed by atoms with E-state index >= 15 is 0 Å². The number of nitrogens with zero attached hydrogens (tertiary/aromatic N) is 1. The summed E-state index contributed by atoms with van der Waals surface area (Å²) in [5.74, 6) is -1.49. The van der Waals surface area contributed by atoms with Gasteiger partial charge in [-0.3, -0.25) is 4.79 Å². The molecule has 3 aliphatic rings. The predicted octanol–water partition coefficient (Wildman–Crippen LogP) is -1.37. The lowest BCUT2D eigenvalue weighted by Gasteiger charge is -2.51. The van der Waals surface area contributed by atoms with Crippen LogP contribution in [0.25, 0.3) is 0 Å². The van der Waals surface area contributed by atoms with Gasteiger partial charge in [0.05, 0.1) is 44.0 Å². The SMILES string of the molecule is CN(C(=O)OC(C)(C)C)[C@@H]1[C@@H](O)[C@@H](O[C@H]2[C@H](NC(=O)[C@@H](O)CNC(=O)OC(C)(C)C)C[C@H](N)C([C@H]3OC(CNCC(O)CNC(=O)OC(C)(C)C)=CC[C@H]3N)[C@@H]2O)OC[C@]1(C)O. The molecule has 22 heteroatoms. The van der Waals surface area contributed by atoms with Crippen LogP contribution in [0.4, 0.5) is 14.4 Å². The molecule has 0 spiro atoms.